The lowest BCUT2D eigenvalue weighted by molar-refractivity contribution is -0.142. The van der Waals surface area contributed by atoms with Gasteiger partial charge >= 0.3 is 5.97 Å². The van der Waals surface area contributed by atoms with Gasteiger partial charge in [0, 0.05) is 6.61 Å². The zero-order chi connectivity index (χ0) is 14.5. The van der Waals surface area contributed by atoms with Gasteiger partial charge in [0.15, 0.2) is 6.04 Å². The molecule has 1 unspecified atom stereocenters. The number of aliphatic carboxylic acids is 1. The van der Waals surface area contributed by atoms with Crippen LogP contribution in [0.1, 0.15) is 18.0 Å². The number of ether oxygens (including phenoxy) is 2. The summed E-state index contributed by atoms with van der Waals surface area (Å²) in [7, 11) is 1.50. The van der Waals surface area contributed by atoms with Crippen LogP contribution in [0.25, 0.3) is 0 Å². The monoisotopic (exact) mass is 279 g/mol. The van der Waals surface area contributed by atoms with Crippen LogP contribution in [0, 0.1) is 5.92 Å². The fourth-order valence-electron chi connectivity index (χ4n) is 2.11. The van der Waals surface area contributed by atoms with E-state index in [0.29, 0.717) is 30.9 Å². The maximum absolute atomic E-state index is 12.0. The summed E-state index contributed by atoms with van der Waals surface area (Å²) in [4.78, 5) is 23.4. The van der Waals surface area contributed by atoms with Crippen LogP contribution in [0.3, 0.4) is 0 Å². The fraction of sp³-hybridized carbons (Fsp3) is 0.429. The average molecular weight is 279 g/mol. The minimum absolute atomic E-state index is 0.276. The minimum Gasteiger partial charge on any atom is -0.497 e. The highest BCUT2D eigenvalue weighted by atomic mass is 16.5. The molecule has 6 heteroatoms. The third kappa shape index (κ3) is 3.27. The Hall–Kier alpha value is -2.08. The number of carbonyl (C=O) groups excluding carboxylic acids is 1. The molecule has 1 fully saturated rings. The number of methoxy groups -OCH3 is 1. The number of hydrogen-bond acceptors (Lipinski definition) is 4. The molecule has 0 aromatic heterocycles. The maximum atomic E-state index is 12.0. The quantitative estimate of drug-likeness (QED) is 0.839. The first-order valence-electron chi connectivity index (χ1n) is 6.36. The molecule has 2 N–H and O–H groups in total. The van der Waals surface area contributed by atoms with Crippen LogP contribution in [0.5, 0.6) is 5.75 Å². The highest BCUT2D eigenvalue weighted by Gasteiger charge is 2.29. The van der Waals surface area contributed by atoms with E-state index in [9.17, 15) is 14.7 Å². The zero-order valence-corrected chi connectivity index (χ0v) is 11.2. The summed E-state index contributed by atoms with van der Waals surface area (Å²) in [5.74, 6) is -1.13. The minimum atomic E-state index is -1.11. The van der Waals surface area contributed by atoms with Crippen molar-refractivity contribution in [3.63, 3.8) is 0 Å². The van der Waals surface area contributed by atoms with E-state index >= 15 is 0 Å². The average Bonchev–Trinajstić information content (AvgIpc) is 2.98. The molecule has 2 rings (SSSR count). The van der Waals surface area contributed by atoms with Crippen LogP contribution in [-0.4, -0.2) is 37.3 Å². The van der Waals surface area contributed by atoms with Crippen molar-refractivity contribution in [2.75, 3.05) is 20.3 Å². The lowest BCUT2D eigenvalue weighted by Crippen LogP contribution is -2.38. The van der Waals surface area contributed by atoms with Crippen LogP contribution in [0.2, 0.25) is 0 Å². The van der Waals surface area contributed by atoms with E-state index in [-0.39, 0.29) is 11.8 Å². The van der Waals surface area contributed by atoms with Crippen LogP contribution < -0.4 is 10.1 Å². The summed E-state index contributed by atoms with van der Waals surface area (Å²) in [6.07, 6.45) is 0.621. The van der Waals surface area contributed by atoms with Gasteiger partial charge in [-0.15, -0.1) is 0 Å². The van der Waals surface area contributed by atoms with Crippen LogP contribution in [0.4, 0.5) is 0 Å². The van der Waals surface area contributed by atoms with Crippen molar-refractivity contribution in [3.8, 4) is 5.75 Å². The van der Waals surface area contributed by atoms with Gasteiger partial charge in [0.2, 0.25) is 5.91 Å². The van der Waals surface area contributed by atoms with E-state index in [0.717, 1.165) is 0 Å². The summed E-state index contributed by atoms with van der Waals surface area (Å²) in [5.41, 5.74) is 0.476. The standard InChI is InChI=1S/C14H17NO5/c1-19-11-4-2-3-9(7-11)12(14(17)18)15-13(16)10-5-6-20-8-10/h2-4,7,10,12H,5-6,8H2,1H3,(H,15,16)(H,17,18)/t10?,12-/m0/s1. The molecule has 0 bridgehead atoms. The van der Waals surface area contributed by atoms with Crippen molar-refractivity contribution in [1.82, 2.24) is 5.32 Å². The van der Waals surface area contributed by atoms with E-state index < -0.39 is 12.0 Å². The Morgan fingerprint density at radius 3 is 2.90 bits per heavy atom. The molecule has 1 aromatic carbocycles. The van der Waals surface area contributed by atoms with Gasteiger partial charge in [-0.3, -0.25) is 4.79 Å². The number of hydrogen-bond donors (Lipinski definition) is 2. The SMILES string of the molecule is COc1cccc([C@H](NC(=O)C2CCOC2)C(=O)O)c1. The molecule has 6 nitrogen and oxygen atoms in total. The molecule has 1 aliphatic rings. The van der Waals surface area contributed by atoms with Crippen molar-refractivity contribution < 1.29 is 24.2 Å². The van der Waals surface area contributed by atoms with Gasteiger partial charge in [0.25, 0.3) is 0 Å². The van der Waals surface area contributed by atoms with Gasteiger partial charge in [-0.2, -0.15) is 0 Å². The first-order chi connectivity index (χ1) is 9.61. The van der Waals surface area contributed by atoms with E-state index in [1.165, 1.54) is 7.11 Å². The number of amides is 1. The van der Waals surface area contributed by atoms with Crippen LogP contribution in [-0.2, 0) is 14.3 Å². The Morgan fingerprint density at radius 2 is 2.30 bits per heavy atom. The summed E-state index contributed by atoms with van der Waals surface area (Å²) < 4.78 is 10.2. The number of carbonyl (C=O) groups is 2. The molecule has 20 heavy (non-hydrogen) atoms. The molecule has 0 spiro atoms. The molecule has 1 amide bonds. The summed E-state index contributed by atoms with van der Waals surface area (Å²) in [5, 5.41) is 11.8. The summed E-state index contributed by atoms with van der Waals surface area (Å²) >= 11 is 0. The predicted molar refractivity (Wildman–Crippen MR) is 70.4 cm³/mol. The Morgan fingerprint density at radius 1 is 1.50 bits per heavy atom. The number of carboxylic acid groups (broad SMARTS) is 1. The van der Waals surface area contributed by atoms with E-state index in [1.807, 2.05) is 0 Å². The van der Waals surface area contributed by atoms with E-state index in [4.69, 9.17) is 9.47 Å². The Bertz CT molecular complexity index is 496. The van der Waals surface area contributed by atoms with Gasteiger partial charge in [-0.1, -0.05) is 12.1 Å². The van der Waals surface area contributed by atoms with E-state index in [1.54, 1.807) is 24.3 Å². The molecule has 0 radical (unpaired) electrons. The number of rotatable bonds is 5. The van der Waals surface area contributed by atoms with E-state index in [2.05, 4.69) is 5.32 Å². The number of benzene rings is 1. The lowest BCUT2D eigenvalue weighted by atomic mass is 10.0. The molecule has 2 atom stereocenters. The van der Waals surface area contributed by atoms with Crippen molar-refractivity contribution >= 4 is 11.9 Å². The molecule has 1 saturated heterocycles. The summed E-state index contributed by atoms with van der Waals surface area (Å²) in [6, 6.07) is 5.57. The molecule has 1 aromatic rings. The first kappa shape index (κ1) is 14.3. The lowest BCUT2D eigenvalue weighted by Gasteiger charge is -2.17. The van der Waals surface area contributed by atoms with Gasteiger partial charge in [-0.05, 0) is 24.1 Å². The van der Waals surface area contributed by atoms with Crippen LogP contribution >= 0.6 is 0 Å². The highest BCUT2D eigenvalue weighted by Crippen LogP contribution is 2.21. The molecular weight excluding hydrogens is 262 g/mol. The van der Waals surface area contributed by atoms with Crippen molar-refractivity contribution in [2.24, 2.45) is 5.92 Å². The maximum Gasteiger partial charge on any atom is 0.330 e. The molecule has 0 aliphatic carbocycles. The van der Waals surface area contributed by atoms with Crippen molar-refractivity contribution in [2.45, 2.75) is 12.5 Å². The van der Waals surface area contributed by atoms with Gasteiger partial charge < -0.3 is 19.9 Å². The third-order valence-corrected chi connectivity index (χ3v) is 3.26. The molecule has 1 heterocycles. The van der Waals surface area contributed by atoms with Crippen molar-refractivity contribution in [1.29, 1.82) is 0 Å². The van der Waals surface area contributed by atoms with Gasteiger partial charge in [0.1, 0.15) is 5.75 Å². The largest absolute Gasteiger partial charge is 0.497 e. The van der Waals surface area contributed by atoms with Crippen molar-refractivity contribution in [3.05, 3.63) is 29.8 Å². The number of nitrogens with one attached hydrogen (secondary N) is 1. The third-order valence-electron chi connectivity index (χ3n) is 3.26. The molecule has 1 aliphatic heterocycles. The van der Waals surface area contributed by atoms with Gasteiger partial charge in [0.05, 0.1) is 19.6 Å². The molecular formula is C14H17NO5. The second-order valence-electron chi connectivity index (χ2n) is 4.62. The Kier molecular flexibility index (Phi) is 4.57. The topological polar surface area (TPSA) is 84.9 Å². The van der Waals surface area contributed by atoms with Crippen LogP contribution in [0.15, 0.2) is 24.3 Å². The highest BCUT2D eigenvalue weighted by molar-refractivity contribution is 5.86. The normalized spacial score (nSPS) is 19.4. The predicted octanol–water partition coefficient (Wildman–Crippen LogP) is 0.974. The Balaban J connectivity index is 2.13. The summed E-state index contributed by atoms with van der Waals surface area (Å²) in [6.45, 7) is 0.880. The smallest absolute Gasteiger partial charge is 0.330 e. The fourth-order valence-corrected chi connectivity index (χ4v) is 2.11. The molecule has 108 valence electrons. The second kappa shape index (κ2) is 6.38. The first-order valence-corrected chi connectivity index (χ1v) is 6.36. The zero-order valence-electron chi connectivity index (χ0n) is 11.2. The number of carboxylic acids is 1. The molecule has 0 saturated carbocycles. The Labute approximate surface area is 116 Å². The second-order valence-corrected chi connectivity index (χ2v) is 4.62. The van der Waals surface area contributed by atoms with Gasteiger partial charge in [-0.25, -0.2) is 4.79 Å².